The second-order valence-electron chi connectivity index (χ2n) is 3.40. The molecule has 0 saturated heterocycles. The van der Waals surface area contributed by atoms with E-state index in [9.17, 15) is 9.90 Å². The minimum atomic E-state index is -0.371. The Kier molecular flexibility index (Phi) is 5.72. The molecule has 1 atom stereocenters. The first-order valence-electron chi connectivity index (χ1n) is 4.31. The molecular weight excluding hydrogens is 156 g/mol. The summed E-state index contributed by atoms with van der Waals surface area (Å²) < 4.78 is 4.46. The highest BCUT2D eigenvalue weighted by Gasteiger charge is 2.09. The van der Waals surface area contributed by atoms with Crippen LogP contribution in [0.2, 0.25) is 0 Å². The first-order valence-corrected chi connectivity index (χ1v) is 4.31. The van der Waals surface area contributed by atoms with Gasteiger partial charge in [0.05, 0.1) is 13.2 Å². The quantitative estimate of drug-likeness (QED) is 0.640. The number of carbonyl (C=O) groups is 1. The Morgan fingerprint density at radius 2 is 2.08 bits per heavy atom. The molecule has 0 heterocycles. The topological polar surface area (TPSA) is 46.5 Å². The van der Waals surface area contributed by atoms with E-state index in [0.717, 1.165) is 6.42 Å². The fourth-order valence-electron chi connectivity index (χ4n) is 1.05. The largest absolute Gasteiger partial charge is 0.469 e. The summed E-state index contributed by atoms with van der Waals surface area (Å²) in [6.45, 7) is 4.09. The molecule has 0 radical (unpaired) electrons. The molecule has 0 amide bonds. The average Bonchev–Trinajstić information content (AvgIpc) is 1.99. The smallest absolute Gasteiger partial charge is 0.305 e. The summed E-state index contributed by atoms with van der Waals surface area (Å²) >= 11 is 0. The zero-order valence-electron chi connectivity index (χ0n) is 8.04. The third-order valence-electron chi connectivity index (χ3n) is 1.65. The minimum Gasteiger partial charge on any atom is -0.469 e. The van der Waals surface area contributed by atoms with E-state index in [2.05, 4.69) is 4.74 Å². The van der Waals surface area contributed by atoms with Crippen molar-refractivity contribution in [1.29, 1.82) is 0 Å². The summed E-state index contributed by atoms with van der Waals surface area (Å²) in [6.07, 6.45) is 1.19. The second-order valence-corrected chi connectivity index (χ2v) is 3.40. The molecule has 0 spiro atoms. The Morgan fingerprint density at radius 1 is 1.50 bits per heavy atom. The third kappa shape index (κ3) is 6.16. The SMILES string of the molecule is COC(=O)CCC(O)CC(C)C. The van der Waals surface area contributed by atoms with Crippen LogP contribution >= 0.6 is 0 Å². The molecule has 3 heteroatoms. The third-order valence-corrected chi connectivity index (χ3v) is 1.65. The van der Waals surface area contributed by atoms with Gasteiger partial charge in [0.2, 0.25) is 0 Å². The summed E-state index contributed by atoms with van der Waals surface area (Å²) in [5.74, 6) is 0.218. The number of rotatable bonds is 5. The van der Waals surface area contributed by atoms with Crippen molar-refractivity contribution in [2.75, 3.05) is 7.11 Å². The van der Waals surface area contributed by atoms with Crippen LogP contribution in [0.1, 0.15) is 33.1 Å². The number of hydrogen-bond donors (Lipinski definition) is 1. The van der Waals surface area contributed by atoms with Crippen LogP contribution in [-0.4, -0.2) is 24.3 Å². The number of hydrogen-bond acceptors (Lipinski definition) is 3. The van der Waals surface area contributed by atoms with Gasteiger partial charge in [0.15, 0.2) is 0 Å². The lowest BCUT2D eigenvalue weighted by Gasteiger charge is -2.11. The first-order chi connectivity index (χ1) is 5.56. The summed E-state index contributed by atoms with van der Waals surface area (Å²) in [4.78, 5) is 10.7. The number of aliphatic hydroxyl groups is 1. The van der Waals surface area contributed by atoms with Crippen LogP contribution in [0, 0.1) is 5.92 Å². The van der Waals surface area contributed by atoms with Gasteiger partial charge in [-0.1, -0.05) is 13.8 Å². The fourth-order valence-corrected chi connectivity index (χ4v) is 1.05. The Morgan fingerprint density at radius 3 is 2.50 bits per heavy atom. The van der Waals surface area contributed by atoms with Gasteiger partial charge in [0.1, 0.15) is 0 Å². The van der Waals surface area contributed by atoms with Gasteiger partial charge in [-0.25, -0.2) is 0 Å². The molecule has 0 aromatic heterocycles. The van der Waals surface area contributed by atoms with E-state index in [0.29, 0.717) is 18.8 Å². The molecule has 0 aromatic carbocycles. The van der Waals surface area contributed by atoms with Crippen molar-refractivity contribution in [3.05, 3.63) is 0 Å². The highest BCUT2D eigenvalue weighted by Crippen LogP contribution is 2.09. The molecule has 0 aliphatic heterocycles. The van der Waals surface area contributed by atoms with Crippen LogP contribution in [0.15, 0.2) is 0 Å². The molecule has 0 aromatic rings. The van der Waals surface area contributed by atoms with Crippen molar-refractivity contribution in [3.63, 3.8) is 0 Å². The fraction of sp³-hybridized carbons (Fsp3) is 0.889. The first kappa shape index (κ1) is 11.4. The van der Waals surface area contributed by atoms with Gasteiger partial charge >= 0.3 is 5.97 Å². The predicted octanol–water partition coefficient (Wildman–Crippen LogP) is 1.35. The van der Waals surface area contributed by atoms with Crippen LogP contribution in [0.3, 0.4) is 0 Å². The van der Waals surface area contributed by atoms with Crippen LogP contribution < -0.4 is 0 Å². The van der Waals surface area contributed by atoms with Gasteiger partial charge < -0.3 is 9.84 Å². The molecule has 0 aliphatic rings. The predicted molar refractivity (Wildman–Crippen MR) is 46.7 cm³/mol. The number of esters is 1. The molecule has 72 valence electrons. The number of aliphatic hydroxyl groups excluding tert-OH is 1. The van der Waals surface area contributed by atoms with Crippen molar-refractivity contribution >= 4 is 5.97 Å². The maximum atomic E-state index is 10.7. The molecule has 3 nitrogen and oxygen atoms in total. The van der Waals surface area contributed by atoms with E-state index in [1.54, 1.807) is 0 Å². The molecule has 1 N–H and O–H groups in total. The highest BCUT2D eigenvalue weighted by atomic mass is 16.5. The summed E-state index contributed by atoms with van der Waals surface area (Å²) in [6, 6.07) is 0. The lowest BCUT2D eigenvalue weighted by molar-refractivity contribution is -0.141. The standard InChI is InChI=1S/C9H18O3/c1-7(2)6-8(10)4-5-9(11)12-3/h7-8,10H,4-6H2,1-3H3. The van der Waals surface area contributed by atoms with Crippen LogP contribution in [0.25, 0.3) is 0 Å². The maximum absolute atomic E-state index is 10.7. The summed E-state index contributed by atoms with van der Waals surface area (Å²) in [7, 11) is 1.36. The molecule has 0 bridgehead atoms. The van der Waals surface area contributed by atoms with Crippen molar-refractivity contribution in [2.45, 2.75) is 39.2 Å². The number of ether oxygens (including phenoxy) is 1. The van der Waals surface area contributed by atoms with Gasteiger partial charge in [-0.3, -0.25) is 4.79 Å². The van der Waals surface area contributed by atoms with E-state index >= 15 is 0 Å². The Balaban J connectivity index is 3.43. The van der Waals surface area contributed by atoms with Crippen LogP contribution in [0.5, 0.6) is 0 Å². The van der Waals surface area contributed by atoms with Gasteiger partial charge in [0.25, 0.3) is 0 Å². The summed E-state index contributed by atoms with van der Waals surface area (Å²) in [5.41, 5.74) is 0. The Bertz CT molecular complexity index is 132. The average molecular weight is 174 g/mol. The monoisotopic (exact) mass is 174 g/mol. The van der Waals surface area contributed by atoms with E-state index in [-0.39, 0.29) is 12.1 Å². The van der Waals surface area contributed by atoms with Crippen molar-refractivity contribution in [2.24, 2.45) is 5.92 Å². The Labute approximate surface area is 73.7 Å². The molecule has 0 saturated carbocycles. The molecule has 1 unspecified atom stereocenters. The van der Waals surface area contributed by atoms with E-state index < -0.39 is 0 Å². The van der Waals surface area contributed by atoms with Gasteiger partial charge in [0, 0.05) is 6.42 Å². The normalized spacial score (nSPS) is 13.1. The molecule has 0 rings (SSSR count). The zero-order valence-corrected chi connectivity index (χ0v) is 8.04. The molecule has 0 aliphatic carbocycles. The van der Waals surface area contributed by atoms with E-state index in [1.807, 2.05) is 13.8 Å². The maximum Gasteiger partial charge on any atom is 0.305 e. The lowest BCUT2D eigenvalue weighted by atomic mass is 10.0. The van der Waals surface area contributed by atoms with Crippen molar-refractivity contribution in [3.8, 4) is 0 Å². The van der Waals surface area contributed by atoms with Crippen LogP contribution in [0.4, 0.5) is 0 Å². The lowest BCUT2D eigenvalue weighted by Crippen LogP contribution is -2.12. The van der Waals surface area contributed by atoms with Crippen LogP contribution in [-0.2, 0) is 9.53 Å². The van der Waals surface area contributed by atoms with E-state index in [4.69, 9.17) is 0 Å². The molecular formula is C9H18O3. The van der Waals surface area contributed by atoms with E-state index in [1.165, 1.54) is 7.11 Å². The Hall–Kier alpha value is -0.570. The van der Waals surface area contributed by atoms with Gasteiger partial charge in [-0.05, 0) is 18.8 Å². The minimum absolute atomic E-state index is 0.252. The highest BCUT2D eigenvalue weighted by molar-refractivity contribution is 5.69. The molecule has 12 heavy (non-hydrogen) atoms. The summed E-state index contributed by atoms with van der Waals surface area (Å²) in [5, 5.41) is 9.36. The van der Waals surface area contributed by atoms with Crippen molar-refractivity contribution < 1.29 is 14.6 Å². The van der Waals surface area contributed by atoms with Crippen molar-refractivity contribution in [1.82, 2.24) is 0 Å². The van der Waals surface area contributed by atoms with Gasteiger partial charge in [-0.15, -0.1) is 0 Å². The number of methoxy groups -OCH3 is 1. The molecule has 0 fully saturated rings. The second kappa shape index (κ2) is 6.00. The number of carbonyl (C=O) groups excluding carboxylic acids is 1. The zero-order chi connectivity index (χ0) is 9.56. The van der Waals surface area contributed by atoms with Gasteiger partial charge in [-0.2, -0.15) is 0 Å².